The Balaban J connectivity index is 0.000000921. The first-order chi connectivity index (χ1) is 7.13. The van der Waals surface area contributed by atoms with Gasteiger partial charge in [0.15, 0.2) is 11.8 Å². The zero-order valence-electron chi connectivity index (χ0n) is 8.91. The topological polar surface area (TPSA) is 80.4 Å². The molecule has 1 aliphatic rings. The number of halogens is 1. The normalized spacial score (nSPS) is 18.6. The molecule has 0 heterocycles. The fraction of sp³-hybridized carbons (Fsp3) is 0.800. The molecule has 5 heteroatoms. The third-order valence-corrected chi connectivity index (χ3v) is 2.58. The van der Waals surface area contributed by atoms with Crippen molar-refractivity contribution in [2.24, 2.45) is 11.7 Å². The zero-order valence-corrected chi connectivity index (χ0v) is 9.67. The standard InChI is InChI=1S/C9H15NO3.CH3Cl/c10-7(9(12)13)8(11)6-4-2-1-3-5-6;1-2/h6-7H,1-5,10H2,(H,12,13);1H3. The lowest BCUT2D eigenvalue weighted by molar-refractivity contribution is -0.143. The number of alkyl halides is 1. The molecule has 0 saturated heterocycles. The van der Waals surface area contributed by atoms with Crippen LogP contribution in [0.1, 0.15) is 32.1 Å². The van der Waals surface area contributed by atoms with Gasteiger partial charge in [-0.1, -0.05) is 19.3 Å². The molecule has 1 fully saturated rings. The summed E-state index contributed by atoms with van der Waals surface area (Å²) in [5.74, 6) is -1.62. The van der Waals surface area contributed by atoms with Crippen molar-refractivity contribution < 1.29 is 14.7 Å². The van der Waals surface area contributed by atoms with E-state index in [1.165, 1.54) is 6.38 Å². The summed E-state index contributed by atoms with van der Waals surface area (Å²) in [6, 6.07) is -1.32. The molecule has 0 aromatic rings. The maximum Gasteiger partial charge on any atom is 0.328 e. The van der Waals surface area contributed by atoms with Gasteiger partial charge < -0.3 is 10.8 Å². The van der Waals surface area contributed by atoms with E-state index in [-0.39, 0.29) is 11.7 Å². The first-order valence-corrected chi connectivity index (χ1v) is 5.78. The van der Waals surface area contributed by atoms with Gasteiger partial charge in [-0.25, -0.2) is 0 Å². The fourth-order valence-corrected chi connectivity index (χ4v) is 1.76. The van der Waals surface area contributed by atoms with E-state index < -0.39 is 12.0 Å². The SMILES string of the molecule is CCl.NC(C(=O)O)C(=O)C1CCCCC1. The number of rotatable bonds is 3. The van der Waals surface area contributed by atoms with Crippen LogP contribution in [0.3, 0.4) is 0 Å². The van der Waals surface area contributed by atoms with E-state index in [4.69, 9.17) is 10.8 Å². The average molecular weight is 236 g/mol. The molecule has 4 nitrogen and oxygen atoms in total. The van der Waals surface area contributed by atoms with E-state index in [0.29, 0.717) is 0 Å². The van der Waals surface area contributed by atoms with Crippen LogP contribution in [0.25, 0.3) is 0 Å². The molecule has 88 valence electrons. The van der Waals surface area contributed by atoms with Crippen LogP contribution in [-0.2, 0) is 9.59 Å². The molecule has 1 atom stereocenters. The first-order valence-electron chi connectivity index (χ1n) is 5.03. The van der Waals surface area contributed by atoms with Crippen LogP contribution in [0.4, 0.5) is 0 Å². The predicted molar refractivity (Wildman–Crippen MR) is 59.0 cm³/mol. The Kier molecular flexibility index (Phi) is 7.34. The lowest BCUT2D eigenvalue weighted by Crippen LogP contribution is -2.42. The second-order valence-electron chi connectivity index (χ2n) is 3.55. The number of hydrogen-bond donors (Lipinski definition) is 2. The average Bonchev–Trinajstić information content (AvgIpc) is 2.31. The first kappa shape index (κ1) is 14.4. The molecule has 0 spiro atoms. The number of carbonyl (C=O) groups is 2. The summed E-state index contributed by atoms with van der Waals surface area (Å²) < 4.78 is 0. The van der Waals surface area contributed by atoms with Gasteiger partial charge in [0.05, 0.1) is 0 Å². The highest BCUT2D eigenvalue weighted by atomic mass is 35.5. The summed E-state index contributed by atoms with van der Waals surface area (Å²) in [6.07, 6.45) is 6.26. The number of Topliss-reactive ketones (excluding diaryl/α,β-unsaturated/α-hetero) is 1. The monoisotopic (exact) mass is 235 g/mol. The van der Waals surface area contributed by atoms with Gasteiger partial charge in [-0.15, -0.1) is 11.6 Å². The molecule has 0 amide bonds. The minimum absolute atomic E-state index is 0.111. The van der Waals surface area contributed by atoms with Gasteiger partial charge in [0.1, 0.15) is 0 Å². The summed E-state index contributed by atoms with van der Waals surface area (Å²) in [4.78, 5) is 21.9. The number of hydrogen-bond acceptors (Lipinski definition) is 3. The highest BCUT2D eigenvalue weighted by Crippen LogP contribution is 2.24. The number of aliphatic carboxylic acids is 1. The van der Waals surface area contributed by atoms with Crippen LogP contribution < -0.4 is 5.73 Å². The summed E-state index contributed by atoms with van der Waals surface area (Å²) in [5, 5.41) is 8.54. The van der Waals surface area contributed by atoms with Crippen LogP contribution in [0.15, 0.2) is 0 Å². The number of carboxylic acid groups (broad SMARTS) is 1. The van der Waals surface area contributed by atoms with E-state index in [9.17, 15) is 9.59 Å². The number of carboxylic acids is 1. The third kappa shape index (κ3) is 4.62. The molecule has 3 N–H and O–H groups in total. The van der Waals surface area contributed by atoms with Crippen molar-refractivity contribution in [2.75, 3.05) is 6.38 Å². The molecule has 0 aliphatic heterocycles. The molecule has 1 aliphatic carbocycles. The Morgan fingerprint density at radius 1 is 1.27 bits per heavy atom. The van der Waals surface area contributed by atoms with Gasteiger partial charge in [-0.3, -0.25) is 9.59 Å². The third-order valence-electron chi connectivity index (χ3n) is 2.58. The van der Waals surface area contributed by atoms with Gasteiger partial charge >= 0.3 is 5.97 Å². The highest BCUT2D eigenvalue weighted by Gasteiger charge is 2.29. The van der Waals surface area contributed by atoms with Crippen LogP contribution in [-0.4, -0.2) is 29.3 Å². The Hall–Kier alpha value is -0.610. The molecule has 0 aromatic carbocycles. The van der Waals surface area contributed by atoms with Crippen molar-refractivity contribution in [1.29, 1.82) is 0 Å². The Bertz CT molecular complexity index is 215. The minimum atomic E-state index is -1.32. The van der Waals surface area contributed by atoms with E-state index >= 15 is 0 Å². The Morgan fingerprint density at radius 2 is 1.73 bits per heavy atom. The molecule has 0 radical (unpaired) electrons. The van der Waals surface area contributed by atoms with Crippen molar-refractivity contribution in [3.63, 3.8) is 0 Å². The van der Waals surface area contributed by atoms with E-state index in [1.807, 2.05) is 0 Å². The maximum atomic E-state index is 11.4. The lowest BCUT2D eigenvalue weighted by atomic mass is 9.84. The van der Waals surface area contributed by atoms with Crippen molar-refractivity contribution in [1.82, 2.24) is 0 Å². The molecule has 1 rings (SSSR count). The smallest absolute Gasteiger partial charge is 0.328 e. The molecular weight excluding hydrogens is 218 g/mol. The molecule has 1 unspecified atom stereocenters. The molecule has 0 aromatic heterocycles. The van der Waals surface area contributed by atoms with Gasteiger partial charge in [0, 0.05) is 12.3 Å². The van der Waals surface area contributed by atoms with Crippen molar-refractivity contribution in [2.45, 2.75) is 38.1 Å². The zero-order chi connectivity index (χ0) is 11.8. The number of nitrogens with two attached hydrogens (primary N) is 1. The second kappa shape index (κ2) is 7.65. The van der Waals surface area contributed by atoms with Gasteiger partial charge in [-0.2, -0.15) is 0 Å². The fourth-order valence-electron chi connectivity index (χ4n) is 1.76. The molecule has 1 saturated carbocycles. The lowest BCUT2D eigenvalue weighted by Gasteiger charge is -2.21. The van der Waals surface area contributed by atoms with Gasteiger partial charge in [-0.05, 0) is 12.8 Å². The van der Waals surface area contributed by atoms with E-state index in [0.717, 1.165) is 32.1 Å². The summed E-state index contributed by atoms with van der Waals surface area (Å²) in [6.45, 7) is 0. The van der Waals surface area contributed by atoms with E-state index in [1.54, 1.807) is 0 Å². The highest BCUT2D eigenvalue weighted by molar-refractivity contribution is 6.15. The quantitative estimate of drug-likeness (QED) is 0.573. The number of ketones is 1. The molecule has 15 heavy (non-hydrogen) atoms. The van der Waals surface area contributed by atoms with E-state index in [2.05, 4.69) is 11.6 Å². The van der Waals surface area contributed by atoms with Gasteiger partial charge in [0.2, 0.25) is 0 Å². The Labute approximate surface area is 94.8 Å². The predicted octanol–water partition coefficient (Wildman–Crippen LogP) is 1.40. The van der Waals surface area contributed by atoms with Crippen LogP contribution in [0.5, 0.6) is 0 Å². The van der Waals surface area contributed by atoms with Crippen LogP contribution in [0.2, 0.25) is 0 Å². The minimum Gasteiger partial charge on any atom is -0.480 e. The van der Waals surface area contributed by atoms with Crippen molar-refractivity contribution in [3.8, 4) is 0 Å². The summed E-state index contributed by atoms with van der Waals surface area (Å²) >= 11 is 4.64. The summed E-state index contributed by atoms with van der Waals surface area (Å²) in [5.41, 5.74) is 5.24. The van der Waals surface area contributed by atoms with Crippen LogP contribution in [0, 0.1) is 5.92 Å². The van der Waals surface area contributed by atoms with Crippen LogP contribution >= 0.6 is 11.6 Å². The second-order valence-corrected chi connectivity index (χ2v) is 3.55. The maximum absolute atomic E-state index is 11.4. The number of carbonyl (C=O) groups excluding carboxylic acids is 1. The summed E-state index contributed by atoms with van der Waals surface area (Å²) in [7, 11) is 0. The Morgan fingerprint density at radius 3 is 2.13 bits per heavy atom. The van der Waals surface area contributed by atoms with Gasteiger partial charge in [0.25, 0.3) is 0 Å². The molecule has 0 bridgehead atoms. The van der Waals surface area contributed by atoms with Crippen molar-refractivity contribution >= 4 is 23.4 Å². The largest absolute Gasteiger partial charge is 0.480 e. The molecular formula is C10H18ClNO3. The van der Waals surface area contributed by atoms with Crippen molar-refractivity contribution in [3.05, 3.63) is 0 Å².